The van der Waals surface area contributed by atoms with Crippen LogP contribution in [-0.4, -0.2) is 28.9 Å². The molecule has 47 heavy (non-hydrogen) atoms. The van der Waals surface area contributed by atoms with E-state index >= 15 is 0 Å². The van der Waals surface area contributed by atoms with E-state index in [-0.39, 0.29) is 33.6 Å². The number of rotatable bonds is 7. The molecule has 1 aliphatic carbocycles. The number of allylic oxidation sites excluding steroid dienone is 4. The number of halogens is 1. The minimum absolute atomic E-state index is 0.00463. The van der Waals surface area contributed by atoms with Crippen LogP contribution in [0.2, 0.25) is 0 Å². The molecule has 0 atom stereocenters. The largest absolute Gasteiger partial charge is 0.299 e. The highest BCUT2D eigenvalue weighted by molar-refractivity contribution is 5.99. The van der Waals surface area contributed by atoms with Crippen LogP contribution in [0.4, 0.5) is 4.39 Å². The fraction of sp³-hybridized carbons (Fsp3) is 0.683. The van der Waals surface area contributed by atoms with E-state index in [9.17, 15) is 28.4 Å². The summed E-state index contributed by atoms with van der Waals surface area (Å²) in [6, 6.07) is 0. The van der Waals surface area contributed by atoms with Gasteiger partial charge < -0.3 is 0 Å². The van der Waals surface area contributed by atoms with Gasteiger partial charge in [-0.1, -0.05) is 147 Å². The Morgan fingerprint density at radius 1 is 0.787 bits per heavy atom. The van der Waals surface area contributed by atoms with Crippen LogP contribution in [0.15, 0.2) is 37.2 Å². The SMILES string of the molecule is C=C(F)C(=O)C(C)(C)C.C=CC(=O)C(C)(C)C.CC#CC(=O)C(C)(C)C.CC(=O)/C=C/CCC1CCCCC1.CCC(=O)C(C)(C)C. The molecule has 0 N–H and O–H groups in total. The Morgan fingerprint density at radius 2 is 1.26 bits per heavy atom. The van der Waals surface area contributed by atoms with Crippen LogP contribution >= 0.6 is 0 Å². The Labute approximate surface area is 288 Å². The molecule has 0 aromatic heterocycles. The lowest BCUT2D eigenvalue weighted by molar-refractivity contribution is -0.126. The van der Waals surface area contributed by atoms with E-state index in [4.69, 9.17) is 0 Å². The third-order valence-corrected chi connectivity index (χ3v) is 6.75. The maximum atomic E-state index is 12.0. The molecule has 0 radical (unpaired) electrons. The van der Waals surface area contributed by atoms with Gasteiger partial charge in [0.05, 0.1) is 0 Å². The highest BCUT2D eigenvalue weighted by atomic mass is 19.1. The third-order valence-electron chi connectivity index (χ3n) is 6.75. The number of ketones is 5. The Balaban J connectivity index is -0.000000250. The summed E-state index contributed by atoms with van der Waals surface area (Å²) in [5.41, 5.74) is -1.31. The zero-order chi connectivity index (χ0) is 38.2. The van der Waals surface area contributed by atoms with E-state index in [1.165, 1.54) is 44.6 Å². The number of carbonyl (C=O) groups is 5. The highest BCUT2D eigenvalue weighted by Crippen LogP contribution is 2.27. The Hall–Kier alpha value is -2.94. The van der Waals surface area contributed by atoms with Crippen molar-refractivity contribution in [3.63, 3.8) is 0 Å². The smallest absolute Gasteiger partial charge is 0.210 e. The van der Waals surface area contributed by atoms with Gasteiger partial charge in [0.2, 0.25) is 5.78 Å². The average Bonchev–Trinajstić information content (AvgIpc) is 2.94. The van der Waals surface area contributed by atoms with E-state index in [0.717, 1.165) is 12.3 Å². The first-order valence-corrected chi connectivity index (χ1v) is 16.8. The molecular weight excluding hydrogens is 591 g/mol. The maximum absolute atomic E-state index is 12.0. The van der Waals surface area contributed by atoms with Gasteiger partial charge in [0.1, 0.15) is 5.78 Å². The van der Waals surface area contributed by atoms with Crippen molar-refractivity contribution in [2.45, 2.75) is 155 Å². The lowest BCUT2D eigenvalue weighted by atomic mass is 9.86. The van der Waals surface area contributed by atoms with E-state index in [1.807, 2.05) is 75.3 Å². The van der Waals surface area contributed by atoms with Crippen LogP contribution in [0.5, 0.6) is 0 Å². The van der Waals surface area contributed by atoms with Crippen LogP contribution in [0.25, 0.3) is 0 Å². The molecule has 6 heteroatoms. The van der Waals surface area contributed by atoms with Gasteiger partial charge in [-0.05, 0) is 50.7 Å². The van der Waals surface area contributed by atoms with Gasteiger partial charge in [-0.25, -0.2) is 4.39 Å². The molecule has 1 saturated carbocycles. The van der Waals surface area contributed by atoms with E-state index in [1.54, 1.807) is 40.7 Å². The lowest BCUT2D eigenvalue weighted by Gasteiger charge is -2.20. The number of Topliss-reactive ketones (excluding diaryl/α,β-unsaturated/α-hetero) is 3. The van der Waals surface area contributed by atoms with Gasteiger partial charge in [-0.2, -0.15) is 0 Å². The summed E-state index contributed by atoms with van der Waals surface area (Å²) in [5, 5.41) is 0. The standard InChI is InChI=1S/C12H20O.C8H12O.C7H11FO.C7H14O.C7H12O/c1-11(13)7-5-6-10-12-8-3-2-4-9-12;1-5-6-7(9)8(2,3)4;1-5(8)6(9)7(2,3)4;2*1-5-6(8)7(2,3)4/h5,7,12H,2-4,6,8-10H2,1H3;1-4H3;1H2,2-4H3;5H2,1-4H3;5H,1H2,2-4H3/b7-5+;;;;. The molecule has 1 rings (SSSR count). The molecule has 0 bridgehead atoms. The van der Waals surface area contributed by atoms with Crippen molar-refractivity contribution in [1.82, 2.24) is 0 Å². The molecular formula is C41H69FO5. The number of hydrogen-bond donors (Lipinski definition) is 0. The average molecular weight is 661 g/mol. The Kier molecular flexibility index (Phi) is 27.2. The summed E-state index contributed by atoms with van der Waals surface area (Å²) in [6.07, 6.45) is 15.2. The predicted octanol–water partition coefficient (Wildman–Crippen LogP) is 11.0. The topological polar surface area (TPSA) is 85.3 Å². The van der Waals surface area contributed by atoms with E-state index in [0.29, 0.717) is 12.2 Å². The molecule has 1 fully saturated rings. The van der Waals surface area contributed by atoms with Crippen LogP contribution < -0.4 is 0 Å². The second-order valence-corrected chi connectivity index (χ2v) is 15.9. The molecule has 0 aromatic rings. The van der Waals surface area contributed by atoms with Gasteiger partial charge in [0.25, 0.3) is 0 Å². The van der Waals surface area contributed by atoms with Crippen LogP contribution in [-0.2, 0) is 24.0 Å². The fourth-order valence-electron chi connectivity index (χ4n) is 3.60. The van der Waals surface area contributed by atoms with Crippen molar-refractivity contribution in [3.8, 4) is 11.8 Å². The third kappa shape index (κ3) is 32.8. The molecule has 1 aliphatic rings. The Bertz CT molecular complexity index is 1080. The molecule has 0 aliphatic heterocycles. The minimum atomic E-state index is -0.859. The summed E-state index contributed by atoms with van der Waals surface area (Å²) in [5.74, 6) is 5.22. The van der Waals surface area contributed by atoms with E-state index < -0.39 is 17.0 Å². The van der Waals surface area contributed by atoms with Crippen LogP contribution in [0.3, 0.4) is 0 Å². The summed E-state index contributed by atoms with van der Waals surface area (Å²) >= 11 is 0. The normalized spacial score (nSPS) is 13.2. The van der Waals surface area contributed by atoms with Crippen molar-refractivity contribution in [3.05, 3.63) is 37.2 Å². The van der Waals surface area contributed by atoms with Gasteiger partial charge in [-0.3, -0.25) is 24.0 Å². The van der Waals surface area contributed by atoms with Crippen LogP contribution in [0, 0.1) is 39.4 Å². The quantitative estimate of drug-likeness (QED) is 0.154. The second kappa shape index (κ2) is 25.1. The number of carbonyl (C=O) groups excluding carboxylic acids is 5. The molecule has 5 nitrogen and oxygen atoms in total. The van der Waals surface area contributed by atoms with Crippen molar-refractivity contribution < 1.29 is 28.4 Å². The zero-order valence-corrected chi connectivity index (χ0v) is 32.8. The van der Waals surface area contributed by atoms with Gasteiger partial charge in [0, 0.05) is 28.1 Å². The van der Waals surface area contributed by atoms with Crippen LogP contribution in [0.1, 0.15) is 155 Å². The first kappa shape index (κ1) is 50.9. The first-order valence-electron chi connectivity index (χ1n) is 16.8. The summed E-state index contributed by atoms with van der Waals surface area (Å²) in [4.78, 5) is 53.7. The van der Waals surface area contributed by atoms with E-state index in [2.05, 4.69) is 25.0 Å². The van der Waals surface area contributed by atoms with Crippen molar-refractivity contribution >= 4 is 28.9 Å². The monoisotopic (exact) mass is 661 g/mol. The van der Waals surface area contributed by atoms with Crippen molar-refractivity contribution in [2.75, 3.05) is 0 Å². The molecule has 0 unspecified atom stereocenters. The summed E-state index contributed by atoms with van der Waals surface area (Å²) in [6.45, 7) is 33.4. The molecule has 0 amide bonds. The van der Waals surface area contributed by atoms with Gasteiger partial charge in [-0.15, -0.1) is 0 Å². The van der Waals surface area contributed by atoms with Gasteiger partial charge in [0.15, 0.2) is 23.2 Å². The second-order valence-electron chi connectivity index (χ2n) is 15.9. The predicted molar refractivity (Wildman–Crippen MR) is 198 cm³/mol. The summed E-state index contributed by atoms with van der Waals surface area (Å²) in [7, 11) is 0. The maximum Gasteiger partial charge on any atom is 0.210 e. The number of hydrogen-bond acceptors (Lipinski definition) is 5. The molecule has 0 aromatic carbocycles. The lowest BCUT2D eigenvalue weighted by Crippen LogP contribution is -2.19. The van der Waals surface area contributed by atoms with Crippen molar-refractivity contribution in [2.24, 2.45) is 27.6 Å². The Morgan fingerprint density at radius 3 is 1.45 bits per heavy atom. The zero-order valence-electron chi connectivity index (χ0n) is 32.8. The molecule has 0 spiro atoms. The molecule has 0 heterocycles. The summed E-state index contributed by atoms with van der Waals surface area (Å²) < 4.78 is 12.0. The molecule has 270 valence electrons. The fourth-order valence-corrected chi connectivity index (χ4v) is 3.60. The molecule has 0 saturated heterocycles. The van der Waals surface area contributed by atoms with Gasteiger partial charge >= 0.3 is 0 Å². The first-order chi connectivity index (χ1) is 21.1. The minimum Gasteiger partial charge on any atom is -0.299 e. The highest BCUT2D eigenvalue weighted by Gasteiger charge is 2.23. The van der Waals surface area contributed by atoms with Crippen molar-refractivity contribution in [1.29, 1.82) is 0 Å².